The second-order valence-corrected chi connectivity index (χ2v) is 5.99. The highest BCUT2D eigenvalue weighted by molar-refractivity contribution is 7.99. The van der Waals surface area contributed by atoms with Crippen molar-refractivity contribution in [3.05, 3.63) is 35.6 Å². The summed E-state index contributed by atoms with van der Waals surface area (Å²) >= 11 is 1.86. The van der Waals surface area contributed by atoms with Crippen molar-refractivity contribution < 1.29 is 9.50 Å². The molecule has 0 amide bonds. The Morgan fingerprint density at radius 3 is 2.47 bits per heavy atom. The van der Waals surface area contributed by atoms with Crippen molar-refractivity contribution in [2.45, 2.75) is 43.5 Å². The van der Waals surface area contributed by atoms with Gasteiger partial charge in [0.1, 0.15) is 5.82 Å². The van der Waals surface area contributed by atoms with Crippen LogP contribution in [0.4, 0.5) is 4.39 Å². The van der Waals surface area contributed by atoms with Gasteiger partial charge in [0, 0.05) is 11.0 Å². The predicted octanol–water partition coefficient (Wildman–Crippen LogP) is 3.93. The zero-order valence-corrected chi connectivity index (χ0v) is 10.8. The Labute approximate surface area is 106 Å². The van der Waals surface area contributed by atoms with E-state index in [-0.39, 0.29) is 5.82 Å². The quantitative estimate of drug-likeness (QED) is 0.878. The second kappa shape index (κ2) is 6.41. The van der Waals surface area contributed by atoms with E-state index in [1.165, 1.54) is 44.2 Å². The third kappa shape index (κ3) is 4.00. The minimum absolute atomic E-state index is 0.249. The lowest BCUT2D eigenvalue weighted by Gasteiger charge is -2.22. The molecule has 1 unspecified atom stereocenters. The lowest BCUT2D eigenvalue weighted by molar-refractivity contribution is 0.203. The molecule has 1 N–H and O–H groups in total. The first-order valence-electron chi connectivity index (χ1n) is 6.31. The minimum Gasteiger partial charge on any atom is -0.388 e. The van der Waals surface area contributed by atoms with Gasteiger partial charge in [0.05, 0.1) is 6.10 Å². The molecule has 1 fully saturated rings. The smallest absolute Gasteiger partial charge is 0.123 e. The highest BCUT2D eigenvalue weighted by Gasteiger charge is 2.16. The molecule has 0 bridgehead atoms. The van der Waals surface area contributed by atoms with Crippen LogP contribution in [0.5, 0.6) is 0 Å². The van der Waals surface area contributed by atoms with Gasteiger partial charge >= 0.3 is 0 Å². The van der Waals surface area contributed by atoms with Crippen molar-refractivity contribution in [2.24, 2.45) is 0 Å². The summed E-state index contributed by atoms with van der Waals surface area (Å²) in [7, 11) is 0. The van der Waals surface area contributed by atoms with E-state index in [1.807, 2.05) is 11.8 Å². The van der Waals surface area contributed by atoms with Crippen LogP contribution >= 0.6 is 11.8 Å². The molecule has 0 heterocycles. The topological polar surface area (TPSA) is 20.2 Å². The summed E-state index contributed by atoms with van der Waals surface area (Å²) in [5, 5.41) is 10.7. The summed E-state index contributed by atoms with van der Waals surface area (Å²) in [6, 6.07) is 6.15. The Balaban J connectivity index is 1.80. The Morgan fingerprint density at radius 1 is 1.18 bits per heavy atom. The van der Waals surface area contributed by atoms with Gasteiger partial charge in [-0.05, 0) is 30.5 Å². The molecule has 1 aromatic rings. The maximum Gasteiger partial charge on any atom is 0.123 e. The number of hydrogen-bond donors (Lipinski definition) is 1. The monoisotopic (exact) mass is 254 g/mol. The lowest BCUT2D eigenvalue weighted by Crippen LogP contribution is -2.11. The Bertz CT molecular complexity index is 333. The van der Waals surface area contributed by atoms with E-state index in [1.54, 1.807) is 12.1 Å². The molecule has 1 aromatic carbocycles. The molecule has 0 aromatic heterocycles. The molecular formula is C14H19FOS. The zero-order chi connectivity index (χ0) is 12.1. The Kier molecular flexibility index (Phi) is 4.86. The van der Waals surface area contributed by atoms with Crippen LogP contribution in [-0.2, 0) is 0 Å². The average Bonchev–Trinajstić information content (AvgIpc) is 2.38. The maximum absolute atomic E-state index is 12.7. The summed E-state index contributed by atoms with van der Waals surface area (Å²) in [5.74, 6) is 0.469. The standard InChI is InChI=1S/C14H19FOS/c15-12-8-6-11(7-9-12)14(16)10-17-13-4-2-1-3-5-13/h6-9,13-14,16H,1-5,10H2. The van der Waals surface area contributed by atoms with Crippen LogP contribution in [0.25, 0.3) is 0 Å². The van der Waals surface area contributed by atoms with Crippen LogP contribution in [-0.4, -0.2) is 16.1 Å². The fraction of sp³-hybridized carbons (Fsp3) is 0.571. The van der Waals surface area contributed by atoms with Crippen molar-refractivity contribution in [2.75, 3.05) is 5.75 Å². The van der Waals surface area contributed by atoms with Crippen molar-refractivity contribution in [1.82, 2.24) is 0 Å². The first-order chi connectivity index (χ1) is 8.25. The van der Waals surface area contributed by atoms with Crippen LogP contribution < -0.4 is 0 Å². The molecule has 17 heavy (non-hydrogen) atoms. The normalized spacial score (nSPS) is 19.2. The summed E-state index contributed by atoms with van der Waals surface area (Å²) in [5.41, 5.74) is 0.815. The van der Waals surface area contributed by atoms with Crippen LogP contribution in [0.3, 0.4) is 0 Å². The molecule has 0 radical (unpaired) electrons. The molecule has 3 heteroatoms. The van der Waals surface area contributed by atoms with Gasteiger partial charge in [0.25, 0.3) is 0 Å². The van der Waals surface area contributed by atoms with Gasteiger partial charge in [-0.1, -0.05) is 31.4 Å². The summed E-state index contributed by atoms with van der Waals surface area (Å²) < 4.78 is 12.7. The van der Waals surface area contributed by atoms with Crippen molar-refractivity contribution >= 4 is 11.8 Å². The van der Waals surface area contributed by atoms with Crippen molar-refractivity contribution in [3.63, 3.8) is 0 Å². The number of benzene rings is 1. The SMILES string of the molecule is OC(CSC1CCCCC1)c1ccc(F)cc1. The number of aliphatic hydroxyl groups excluding tert-OH is 1. The first kappa shape index (κ1) is 12.9. The second-order valence-electron chi connectivity index (χ2n) is 4.66. The molecule has 1 nitrogen and oxygen atoms in total. The van der Waals surface area contributed by atoms with E-state index in [2.05, 4.69) is 0 Å². The van der Waals surface area contributed by atoms with Gasteiger partial charge in [-0.25, -0.2) is 4.39 Å². The molecule has 1 aliphatic carbocycles. The number of hydrogen-bond acceptors (Lipinski definition) is 2. The van der Waals surface area contributed by atoms with Crippen LogP contribution in [0, 0.1) is 5.82 Å². The summed E-state index contributed by atoms with van der Waals surface area (Å²) in [4.78, 5) is 0. The third-order valence-corrected chi connectivity index (χ3v) is 4.75. The minimum atomic E-state index is -0.470. The fourth-order valence-corrected chi connectivity index (χ4v) is 3.55. The van der Waals surface area contributed by atoms with E-state index in [0.717, 1.165) is 11.3 Å². The van der Waals surface area contributed by atoms with E-state index in [4.69, 9.17) is 0 Å². The number of halogens is 1. The van der Waals surface area contributed by atoms with E-state index in [0.29, 0.717) is 5.25 Å². The maximum atomic E-state index is 12.7. The van der Waals surface area contributed by atoms with Crippen LogP contribution in [0.2, 0.25) is 0 Å². The highest BCUT2D eigenvalue weighted by Crippen LogP contribution is 2.30. The zero-order valence-electron chi connectivity index (χ0n) is 9.94. The fourth-order valence-electron chi connectivity index (χ4n) is 2.24. The first-order valence-corrected chi connectivity index (χ1v) is 7.36. The lowest BCUT2D eigenvalue weighted by atomic mass is 10.0. The van der Waals surface area contributed by atoms with E-state index < -0.39 is 6.10 Å². The van der Waals surface area contributed by atoms with Gasteiger partial charge in [-0.15, -0.1) is 0 Å². The van der Waals surface area contributed by atoms with Crippen LogP contribution in [0.1, 0.15) is 43.8 Å². The van der Waals surface area contributed by atoms with Gasteiger partial charge in [-0.2, -0.15) is 11.8 Å². The Hall–Kier alpha value is -0.540. The van der Waals surface area contributed by atoms with Gasteiger partial charge in [0.15, 0.2) is 0 Å². The third-order valence-electron chi connectivity index (χ3n) is 3.30. The number of rotatable bonds is 4. The van der Waals surface area contributed by atoms with Crippen LogP contribution in [0.15, 0.2) is 24.3 Å². The van der Waals surface area contributed by atoms with Gasteiger partial charge < -0.3 is 5.11 Å². The molecule has 1 saturated carbocycles. The molecule has 94 valence electrons. The number of aliphatic hydroxyl groups is 1. The molecule has 0 saturated heterocycles. The highest BCUT2D eigenvalue weighted by atomic mass is 32.2. The van der Waals surface area contributed by atoms with Gasteiger partial charge in [-0.3, -0.25) is 0 Å². The van der Waals surface area contributed by atoms with Crippen molar-refractivity contribution in [1.29, 1.82) is 0 Å². The molecular weight excluding hydrogens is 235 g/mol. The average molecular weight is 254 g/mol. The Morgan fingerprint density at radius 2 is 1.82 bits per heavy atom. The predicted molar refractivity (Wildman–Crippen MR) is 70.7 cm³/mol. The molecule has 0 spiro atoms. The largest absolute Gasteiger partial charge is 0.388 e. The molecule has 1 aliphatic rings. The van der Waals surface area contributed by atoms with Crippen molar-refractivity contribution in [3.8, 4) is 0 Å². The molecule has 2 rings (SSSR count). The van der Waals surface area contributed by atoms with Gasteiger partial charge in [0.2, 0.25) is 0 Å². The van der Waals surface area contributed by atoms with E-state index in [9.17, 15) is 9.50 Å². The molecule has 0 aliphatic heterocycles. The summed E-state index contributed by atoms with van der Waals surface area (Å²) in [6.07, 6.45) is 6.09. The molecule has 1 atom stereocenters. The summed E-state index contributed by atoms with van der Waals surface area (Å²) in [6.45, 7) is 0. The number of thioether (sulfide) groups is 1. The van der Waals surface area contributed by atoms with E-state index >= 15 is 0 Å².